The topological polar surface area (TPSA) is 0 Å². The van der Waals surface area contributed by atoms with Crippen LogP contribution in [0.4, 0.5) is 17.6 Å². The van der Waals surface area contributed by atoms with Crippen molar-refractivity contribution in [3.63, 3.8) is 0 Å². The van der Waals surface area contributed by atoms with Gasteiger partial charge < -0.3 is 0 Å². The van der Waals surface area contributed by atoms with Gasteiger partial charge in [-0.3, -0.25) is 0 Å². The van der Waals surface area contributed by atoms with Gasteiger partial charge in [-0.05, 0) is 64.0 Å². The van der Waals surface area contributed by atoms with Crippen LogP contribution in [0.15, 0.2) is 42.5 Å². The van der Waals surface area contributed by atoms with Crippen molar-refractivity contribution < 1.29 is 17.6 Å². The Morgan fingerprint density at radius 2 is 1.61 bits per heavy atom. The Morgan fingerprint density at radius 1 is 0.889 bits per heavy atom. The molecule has 0 N–H and O–H groups in total. The molecule has 0 spiro atoms. The Hall–Kier alpha value is -1.11. The average molecular weight is 366 g/mol. The second-order valence-corrected chi connectivity index (χ2v) is 4.98. The van der Waals surface area contributed by atoms with Gasteiger partial charge in [0.2, 0.25) is 0 Å². The molecule has 0 bridgehead atoms. The maximum absolute atomic E-state index is 13.1. The van der Waals surface area contributed by atoms with Gasteiger partial charge in [-0.15, -0.1) is 0 Å². The highest BCUT2D eigenvalue weighted by Crippen LogP contribution is 2.33. The van der Waals surface area contributed by atoms with E-state index in [2.05, 4.69) is 0 Å². The van der Waals surface area contributed by atoms with Crippen LogP contribution in [0.5, 0.6) is 0 Å². The zero-order valence-corrected chi connectivity index (χ0v) is 11.1. The van der Waals surface area contributed by atoms with E-state index in [-0.39, 0.29) is 0 Å². The van der Waals surface area contributed by atoms with Crippen LogP contribution in [-0.2, 0) is 6.18 Å². The molecule has 0 fully saturated rings. The molecule has 0 heterocycles. The second-order valence-electron chi connectivity index (χ2n) is 3.74. The van der Waals surface area contributed by atoms with E-state index in [4.69, 9.17) is 0 Å². The number of hydrogen-bond acceptors (Lipinski definition) is 0. The fourth-order valence-corrected chi connectivity index (χ4v) is 2.26. The number of hydrogen-bond donors (Lipinski definition) is 0. The molecule has 0 aliphatic carbocycles. The molecule has 94 valence electrons. The van der Waals surface area contributed by atoms with Crippen LogP contribution in [0, 0.1) is 9.39 Å². The Balaban J connectivity index is 2.55. The van der Waals surface area contributed by atoms with Crippen molar-refractivity contribution in [1.29, 1.82) is 0 Å². The molecule has 2 aromatic rings. The first-order valence-electron chi connectivity index (χ1n) is 5.00. The van der Waals surface area contributed by atoms with Crippen molar-refractivity contribution >= 4 is 22.6 Å². The Morgan fingerprint density at radius 3 is 2.22 bits per heavy atom. The summed E-state index contributed by atoms with van der Waals surface area (Å²) in [6, 6.07) is 9.19. The van der Waals surface area contributed by atoms with Crippen LogP contribution in [0.1, 0.15) is 5.56 Å². The van der Waals surface area contributed by atoms with Gasteiger partial charge in [0.15, 0.2) is 0 Å². The van der Waals surface area contributed by atoms with Crippen molar-refractivity contribution in [3.8, 4) is 11.1 Å². The largest absolute Gasteiger partial charge is 0.416 e. The first-order valence-corrected chi connectivity index (χ1v) is 6.08. The monoisotopic (exact) mass is 366 g/mol. The summed E-state index contributed by atoms with van der Waals surface area (Å²) in [6.07, 6.45) is -4.40. The third-order valence-corrected chi connectivity index (χ3v) is 3.01. The molecular weight excluding hydrogens is 359 g/mol. The molecule has 0 nitrogen and oxygen atoms in total. The van der Waals surface area contributed by atoms with E-state index >= 15 is 0 Å². The normalized spacial score (nSPS) is 11.6. The summed E-state index contributed by atoms with van der Waals surface area (Å²) in [6.45, 7) is 0. The lowest BCUT2D eigenvalue weighted by Crippen LogP contribution is -2.05. The van der Waals surface area contributed by atoms with Crippen molar-refractivity contribution in [1.82, 2.24) is 0 Å². The molecule has 0 aromatic heterocycles. The minimum absolute atomic E-state index is 0.355. The van der Waals surface area contributed by atoms with E-state index in [0.717, 1.165) is 12.1 Å². The van der Waals surface area contributed by atoms with Gasteiger partial charge in [0.25, 0.3) is 0 Å². The highest BCUT2D eigenvalue weighted by atomic mass is 127. The van der Waals surface area contributed by atoms with Gasteiger partial charge in [0.1, 0.15) is 5.82 Å². The van der Waals surface area contributed by atoms with Gasteiger partial charge in [-0.25, -0.2) is 4.39 Å². The molecule has 5 heteroatoms. The molecule has 2 rings (SSSR count). The average Bonchev–Trinajstić information content (AvgIpc) is 2.27. The second kappa shape index (κ2) is 4.87. The fourth-order valence-electron chi connectivity index (χ4n) is 1.59. The summed E-state index contributed by atoms with van der Waals surface area (Å²) in [5, 5.41) is 0. The van der Waals surface area contributed by atoms with Crippen LogP contribution in [0.25, 0.3) is 11.1 Å². The van der Waals surface area contributed by atoms with Crippen LogP contribution in [-0.4, -0.2) is 0 Å². The van der Waals surface area contributed by atoms with E-state index in [9.17, 15) is 17.6 Å². The molecule has 18 heavy (non-hydrogen) atoms. The van der Waals surface area contributed by atoms with Gasteiger partial charge in [0.05, 0.1) is 5.56 Å². The number of rotatable bonds is 1. The van der Waals surface area contributed by atoms with Crippen LogP contribution in [0.3, 0.4) is 0 Å². The fraction of sp³-hybridized carbons (Fsp3) is 0.0769. The Bertz CT molecular complexity index is 575. The molecule has 2 aromatic carbocycles. The van der Waals surface area contributed by atoms with Crippen molar-refractivity contribution in [2.24, 2.45) is 0 Å². The molecular formula is C13H7F4I. The summed E-state index contributed by atoms with van der Waals surface area (Å²) in [7, 11) is 0. The third-order valence-electron chi connectivity index (χ3n) is 2.38. The number of benzene rings is 2. The molecule has 0 saturated heterocycles. The van der Waals surface area contributed by atoms with E-state index in [0.29, 0.717) is 14.7 Å². The van der Waals surface area contributed by atoms with Crippen molar-refractivity contribution in [3.05, 3.63) is 57.4 Å². The molecule has 0 unspecified atom stereocenters. The molecule has 0 amide bonds. The number of halogens is 5. The summed E-state index contributed by atoms with van der Waals surface area (Å²) in [4.78, 5) is 0. The Labute approximate surface area is 115 Å². The van der Waals surface area contributed by atoms with E-state index < -0.39 is 17.6 Å². The third kappa shape index (κ3) is 3.01. The summed E-state index contributed by atoms with van der Waals surface area (Å²) < 4.78 is 51.5. The highest BCUT2D eigenvalue weighted by Gasteiger charge is 2.31. The molecule has 0 aliphatic rings. The maximum atomic E-state index is 13.1. The van der Waals surface area contributed by atoms with Crippen molar-refractivity contribution in [2.45, 2.75) is 6.18 Å². The predicted molar refractivity (Wildman–Crippen MR) is 69.6 cm³/mol. The van der Waals surface area contributed by atoms with Crippen molar-refractivity contribution in [2.75, 3.05) is 0 Å². The van der Waals surface area contributed by atoms with Crippen LogP contribution < -0.4 is 0 Å². The maximum Gasteiger partial charge on any atom is 0.416 e. The zero-order valence-electron chi connectivity index (χ0n) is 8.93. The summed E-state index contributed by atoms with van der Waals surface area (Å²) in [5.41, 5.74) is 0.0569. The van der Waals surface area contributed by atoms with Crippen LogP contribution in [0.2, 0.25) is 0 Å². The minimum atomic E-state index is -4.40. The number of alkyl halides is 3. The lowest BCUT2D eigenvalue weighted by atomic mass is 10.0. The van der Waals surface area contributed by atoms with Gasteiger partial charge >= 0.3 is 6.18 Å². The molecule has 0 radical (unpaired) electrons. The predicted octanol–water partition coefficient (Wildman–Crippen LogP) is 5.12. The molecule has 0 saturated carbocycles. The lowest BCUT2D eigenvalue weighted by molar-refractivity contribution is -0.137. The first-order chi connectivity index (χ1) is 8.36. The van der Waals surface area contributed by atoms with E-state index in [1.165, 1.54) is 18.2 Å². The lowest BCUT2D eigenvalue weighted by Gasteiger charge is -2.10. The Kier molecular flexibility index (Phi) is 3.61. The molecule has 0 atom stereocenters. The van der Waals surface area contributed by atoms with Crippen LogP contribution >= 0.6 is 22.6 Å². The SMILES string of the molecule is Fc1cccc(-c2cc(I)cc(C(F)(F)F)c2)c1. The quantitative estimate of drug-likeness (QED) is 0.486. The zero-order chi connectivity index (χ0) is 13.3. The summed E-state index contributed by atoms with van der Waals surface area (Å²) >= 11 is 1.81. The smallest absolute Gasteiger partial charge is 0.207 e. The van der Waals surface area contributed by atoms with Gasteiger partial charge in [0, 0.05) is 3.57 Å². The standard InChI is InChI=1S/C13H7F4I/c14-11-3-1-2-8(5-11)9-4-10(13(15,16)17)7-12(18)6-9/h1-7H. The first kappa shape index (κ1) is 13.3. The van der Waals surface area contributed by atoms with E-state index in [1.807, 2.05) is 22.6 Å². The van der Waals surface area contributed by atoms with Gasteiger partial charge in [-0.2, -0.15) is 13.2 Å². The van der Waals surface area contributed by atoms with E-state index in [1.54, 1.807) is 12.1 Å². The molecule has 0 aliphatic heterocycles. The summed E-state index contributed by atoms with van der Waals surface area (Å²) in [5.74, 6) is -0.472. The minimum Gasteiger partial charge on any atom is -0.207 e. The van der Waals surface area contributed by atoms with Gasteiger partial charge in [-0.1, -0.05) is 12.1 Å². The highest BCUT2D eigenvalue weighted by molar-refractivity contribution is 14.1.